The van der Waals surface area contributed by atoms with E-state index < -0.39 is 0 Å². The molecule has 1 aliphatic rings. The summed E-state index contributed by atoms with van der Waals surface area (Å²) in [7, 11) is 2.17. The molecule has 0 aliphatic carbocycles. The highest BCUT2D eigenvalue weighted by Gasteiger charge is 2.14. The van der Waals surface area contributed by atoms with E-state index in [1.54, 1.807) is 0 Å². The highest BCUT2D eigenvalue weighted by atomic mass is 16.5. The van der Waals surface area contributed by atoms with Crippen molar-refractivity contribution < 1.29 is 4.74 Å². The Morgan fingerprint density at radius 2 is 1.74 bits per heavy atom. The van der Waals surface area contributed by atoms with Gasteiger partial charge in [0.05, 0.1) is 5.52 Å². The first-order chi connectivity index (χ1) is 16.7. The van der Waals surface area contributed by atoms with Crippen molar-refractivity contribution in [3.8, 4) is 22.9 Å². The summed E-state index contributed by atoms with van der Waals surface area (Å²) in [6, 6.07) is 24.2. The van der Waals surface area contributed by atoms with Crippen molar-refractivity contribution in [1.29, 1.82) is 5.26 Å². The van der Waals surface area contributed by atoms with E-state index in [4.69, 9.17) is 15.0 Å². The molecule has 1 fully saturated rings. The fraction of sp³-hybridized carbons (Fsp3) is 0.222. The molecule has 170 valence electrons. The normalized spacial score (nSPS) is 14.1. The van der Waals surface area contributed by atoms with Gasteiger partial charge in [0.1, 0.15) is 11.8 Å². The third kappa shape index (κ3) is 4.77. The van der Waals surface area contributed by atoms with Gasteiger partial charge in [-0.05, 0) is 49.0 Å². The number of rotatable bonds is 6. The molecule has 0 atom stereocenters. The summed E-state index contributed by atoms with van der Waals surface area (Å²) in [6.07, 6.45) is 1.84. The van der Waals surface area contributed by atoms with Crippen LogP contribution >= 0.6 is 0 Å². The maximum absolute atomic E-state index is 8.69. The Bertz CT molecular complexity index is 1310. The fourth-order valence-corrected chi connectivity index (χ4v) is 4.14. The maximum atomic E-state index is 8.69. The molecule has 3 aromatic carbocycles. The van der Waals surface area contributed by atoms with Crippen LogP contribution in [0.15, 0.2) is 72.9 Å². The Morgan fingerprint density at radius 1 is 0.971 bits per heavy atom. The van der Waals surface area contributed by atoms with Crippen LogP contribution < -0.4 is 15.0 Å². The van der Waals surface area contributed by atoms with Crippen LogP contribution in [0.5, 0.6) is 5.75 Å². The Morgan fingerprint density at radius 3 is 2.47 bits per heavy atom. The first-order valence-electron chi connectivity index (χ1n) is 11.4. The molecule has 0 bridgehead atoms. The van der Waals surface area contributed by atoms with E-state index in [-0.39, 0.29) is 6.61 Å². The molecule has 4 aromatic rings. The lowest BCUT2D eigenvalue weighted by molar-refractivity contribution is 0.313. The lowest BCUT2D eigenvalue weighted by Crippen LogP contribution is -2.44. The van der Waals surface area contributed by atoms with Crippen molar-refractivity contribution in [1.82, 2.24) is 14.9 Å². The average Bonchev–Trinajstić information content (AvgIpc) is 2.88. The van der Waals surface area contributed by atoms with E-state index >= 15 is 0 Å². The van der Waals surface area contributed by atoms with E-state index in [9.17, 15) is 0 Å². The minimum atomic E-state index is 0.0340. The van der Waals surface area contributed by atoms with Crippen molar-refractivity contribution in [2.24, 2.45) is 0 Å². The predicted molar refractivity (Wildman–Crippen MR) is 136 cm³/mol. The van der Waals surface area contributed by atoms with Crippen LogP contribution in [0.25, 0.3) is 22.0 Å². The van der Waals surface area contributed by atoms with E-state index in [1.165, 1.54) is 5.69 Å². The number of fused-ring (bicyclic) bond motifs is 1. The highest BCUT2D eigenvalue weighted by molar-refractivity contribution is 5.94. The predicted octanol–water partition coefficient (Wildman–Crippen LogP) is 4.69. The number of nitriles is 1. The Kier molecular flexibility index (Phi) is 6.23. The molecule has 7 nitrogen and oxygen atoms in total. The van der Waals surface area contributed by atoms with Gasteiger partial charge in [-0.15, -0.1) is 0 Å². The third-order valence-electron chi connectivity index (χ3n) is 6.07. The topological polar surface area (TPSA) is 77.3 Å². The molecule has 0 radical (unpaired) electrons. The van der Waals surface area contributed by atoms with Gasteiger partial charge >= 0.3 is 0 Å². The largest absolute Gasteiger partial charge is 0.479 e. The molecule has 1 N–H and O–H groups in total. The summed E-state index contributed by atoms with van der Waals surface area (Å²) < 4.78 is 5.37. The van der Waals surface area contributed by atoms with E-state index in [1.807, 2.05) is 48.7 Å². The van der Waals surface area contributed by atoms with Crippen LogP contribution in [0.1, 0.15) is 0 Å². The average molecular weight is 451 g/mol. The number of anilines is 3. The number of para-hydroxylation sites is 1. The first kappa shape index (κ1) is 21.7. The lowest BCUT2D eigenvalue weighted by Gasteiger charge is -2.34. The summed E-state index contributed by atoms with van der Waals surface area (Å²) in [5.74, 6) is 1.23. The number of nitrogens with zero attached hydrogens (tertiary/aromatic N) is 5. The maximum Gasteiger partial charge on any atom is 0.227 e. The Hall–Kier alpha value is -4.15. The minimum Gasteiger partial charge on any atom is -0.479 e. The number of hydrogen-bond donors (Lipinski definition) is 1. The minimum absolute atomic E-state index is 0.0340. The summed E-state index contributed by atoms with van der Waals surface area (Å²) in [6.45, 7) is 4.30. The quantitative estimate of drug-likeness (QED) is 0.456. The van der Waals surface area contributed by atoms with Crippen LogP contribution in [-0.2, 0) is 0 Å². The molecule has 1 aliphatic heterocycles. The number of hydrogen-bond acceptors (Lipinski definition) is 7. The molecule has 0 amide bonds. The van der Waals surface area contributed by atoms with Gasteiger partial charge in [-0.3, -0.25) is 0 Å². The molecule has 0 unspecified atom stereocenters. The number of aromatic nitrogens is 2. The number of nitrogens with one attached hydrogen (secondary N) is 1. The zero-order valence-corrected chi connectivity index (χ0v) is 19.1. The van der Waals surface area contributed by atoms with Gasteiger partial charge in [-0.25, -0.2) is 9.97 Å². The second kappa shape index (κ2) is 9.77. The van der Waals surface area contributed by atoms with Gasteiger partial charge < -0.3 is 19.9 Å². The van der Waals surface area contributed by atoms with Crippen LogP contribution in [0.3, 0.4) is 0 Å². The summed E-state index contributed by atoms with van der Waals surface area (Å²) in [5.41, 5.74) is 5.10. The van der Waals surface area contributed by atoms with Gasteiger partial charge in [0.25, 0.3) is 0 Å². The van der Waals surface area contributed by atoms with Gasteiger partial charge in [0, 0.05) is 54.7 Å². The van der Waals surface area contributed by atoms with E-state index in [2.05, 4.69) is 57.5 Å². The number of piperazine rings is 1. The molecule has 0 saturated carbocycles. The number of benzene rings is 3. The van der Waals surface area contributed by atoms with Crippen LogP contribution in [-0.4, -0.2) is 54.7 Å². The van der Waals surface area contributed by atoms with Gasteiger partial charge in [0.15, 0.2) is 6.61 Å². The molecule has 1 aromatic heterocycles. The van der Waals surface area contributed by atoms with Gasteiger partial charge in [0.2, 0.25) is 5.95 Å². The monoisotopic (exact) mass is 450 g/mol. The summed E-state index contributed by atoms with van der Waals surface area (Å²) in [5, 5.41) is 13.0. The standard InChI is InChI=1S/C27H26N6O/c1-32-14-16-33(17-15-32)23-9-7-22(8-10-23)30-27-29-19-21-3-2-4-25(26(21)31-27)20-5-11-24(12-6-20)34-18-13-28/h2-12,19H,14-18H2,1H3,(H,29,30,31). The van der Waals surface area contributed by atoms with Crippen molar-refractivity contribution >= 4 is 28.2 Å². The third-order valence-corrected chi connectivity index (χ3v) is 6.07. The van der Waals surface area contributed by atoms with Crippen molar-refractivity contribution in [2.75, 3.05) is 50.1 Å². The van der Waals surface area contributed by atoms with E-state index in [0.29, 0.717) is 11.7 Å². The molecule has 34 heavy (non-hydrogen) atoms. The lowest BCUT2D eigenvalue weighted by atomic mass is 10.0. The van der Waals surface area contributed by atoms with Crippen molar-refractivity contribution in [3.05, 3.63) is 72.9 Å². The summed E-state index contributed by atoms with van der Waals surface area (Å²) >= 11 is 0. The Labute approximate surface area is 199 Å². The van der Waals surface area contributed by atoms with Crippen molar-refractivity contribution in [2.45, 2.75) is 0 Å². The second-order valence-corrected chi connectivity index (χ2v) is 8.37. The molecule has 5 rings (SSSR count). The molecular formula is C27H26N6O. The SMILES string of the molecule is CN1CCN(c2ccc(Nc3ncc4cccc(-c5ccc(OCC#N)cc5)c4n3)cc2)CC1. The highest BCUT2D eigenvalue weighted by Crippen LogP contribution is 2.30. The smallest absolute Gasteiger partial charge is 0.227 e. The first-order valence-corrected chi connectivity index (χ1v) is 11.4. The van der Waals surface area contributed by atoms with Crippen LogP contribution in [0.2, 0.25) is 0 Å². The molecular weight excluding hydrogens is 424 g/mol. The zero-order valence-electron chi connectivity index (χ0n) is 19.1. The second-order valence-electron chi connectivity index (χ2n) is 8.37. The van der Waals surface area contributed by atoms with E-state index in [0.717, 1.165) is 53.9 Å². The number of likely N-dealkylation sites (N-methyl/N-ethyl adjacent to an activating group) is 1. The van der Waals surface area contributed by atoms with Crippen LogP contribution in [0, 0.1) is 11.3 Å². The number of ether oxygens (including phenoxy) is 1. The van der Waals surface area contributed by atoms with Crippen LogP contribution in [0.4, 0.5) is 17.3 Å². The molecule has 0 spiro atoms. The molecule has 2 heterocycles. The summed E-state index contributed by atoms with van der Waals surface area (Å²) in [4.78, 5) is 14.1. The van der Waals surface area contributed by atoms with Gasteiger partial charge in [-0.2, -0.15) is 5.26 Å². The zero-order chi connectivity index (χ0) is 23.3. The molecule has 1 saturated heterocycles. The van der Waals surface area contributed by atoms with Crippen molar-refractivity contribution in [3.63, 3.8) is 0 Å². The van der Waals surface area contributed by atoms with Gasteiger partial charge in [-0.1, -0.05) is 30.3 Å². The molecule has 7 heteroatoms. The Balaban J connectivity index is 1.36. The fourth-order valence-electron chi connectivity index (χ4n) is 4.14.